The summed E-state index contributed by atoms with van der Waals surface area (Å²) in [6.45, 7) is 0. The molecule has 24 nitrogen and oxygen atoms in total. The standard InChI is InChI=1S/4H3N.2H2O4S.12H2O/c;;;;2*1-5(2,3)4;;;;;;;;;;;;/h4*1H3;2*(H2,1,2,3,4);12*1H2. The van der Waals surface area contributed by atoms with Crippen molar-refractivity contribution in [3.05, 3.63) is 0 Å². The maximum atomic E-state index is 8.52. The van der Waals surface area contributed by atoms with Gasteiger partial charge in [-0.3, -0.25) is 16.8 Å². The molecule has 0 heterocycles. The van der Waals surface area contributed by atoms with Crippen LogP contribution in [-0.2, 0) is 20.8 Å². The predicted octanol–water partition coefficient (Wildman–Crippen LogP) is -11.1. The third-order valence-corrected chi connectivity index (χ3v) is 0. The third-order valence-electron chi connectivity index (χ3n) is 0. The molecule has 0 atom stereocenters. The average Bonchev–Trinajstić information content (AvgIpc) is 1.12. The van der Waals surface area contributed by atoms with Gasteiger partial charge in [0.05, 0.1) is 0 Å². The Morgan fingerprint density at radius 3 is 0.308 bits per heavy atom. The Kier molecular flexibility index (Phi) is 1160. The fourth-order valence-electron chi connectivity index (χ4n) is 0. The van der Waals surface area contributed by atoms with Crippen LogP contribution in [-0.4, -0.2) is 101 Å². The van der Waals surface area contributed by atoms with Crippen LogP contribution in [0, 0.1) is 0 Å². The van der Waals surface area contributed by atoms with E-state index in [-0.39, 0.29) is 90.3 Å². The maximum absolute atomic E-state index is 8.52. The zero-order valence-corrected chi connectivity index (χ0v) is 15.7. The fourth-order valence-corrected chi connectivity index (χ4v) is 0. The van der Waals surface area contributed by atoms with Crippen LogP contribution in [0.15, 0.2) is 0 Å². The van der Waals surface area contributed by atoms with Gasteiger partial charge in [0.1, 0.15) is 0 Å². The molecule has 26 heavy (non-hydrogen) atoms. The number of rotatable bonds is 0. The van der Waals surface area contributed by atoms with Crippen LogP contribution in [0.5, 0.6) is 0 Å². The molecule has 0 fully saturated rings. The van der Waals surface area contributed by atoms with E-state index >= 15 is 0 Å². The van der Waals surface area contributed by atoms with Gasteiger partial charge in [-0.15, -0.1) is 0 Å². The summed E-state index contributed by atoms with van der Waals surface area (Å²) in [4.78, 5) is 0. The van der Waals surface area contributed by atoms with Gasteiger partial charge >= 0.3 is 0 Å². The van der Waals surface area contributed by atoms with Crippen LogP contribution < -0.4 is 24.6 Å². The smallest absolute Gasteiger partial charge is 0.0311 e. The molecule has 0 aliphatic rings. The number of quaternary nitrogens is 4. The highest BCUT2D eigenvalue weighted by molar-refractivity contribution is 7.79. The molecular weight excluding hydrogens is 440 g/mol. The van der Waals surface area contributed by atoms with E-state index in [1.807, 2.05) is 0 Å². The second kappa shape index (κ2) is 104. The Hall–Kier alpha value is -0.900. The molecule has 0 spiro atoms. The molecule has 0 radical (unpaired) electrons. The summed E-state index contributed by atoms with van der Waals surface area (Å²) in [5.41, 5.74) is 0. The van der Waals surface area contributed by atoms with Crippen molar-refractivity contribution in [1.29, 1.82) is 0 Å². The van der Waals surface area contributed by atoms with Gasteiger partial charge < -0.3 is 109 Å². The monoisotopic (exact) mass is 480 g/mol. The van der Waals surface area contributed by atoms with Crippen LogP contribution >= 0.6 is 0 Å². The second-order valence-corrected chi connectivity index (χ2v) is 2.45. The van der Waals surface area contributed by atoms with Crippen LogP contribution in [0.4, 0.5) is 0 Å². The summed E-state index contributed by atoms with van der Waals surface area (Å²) in [6, 6.07) is 0. The number of hydrogen-bond acceptors (Lipinski definition) is 8. The van der Waals surface area contributed by atoms with E-state index in [1.54, 1.807) is 0 Å². The maximum Gasteiger partial charge on any atom is 0.0311 e. The van der Waals surface area contributed by atoms with E-state index in [9.17, 15) is 0 Å². The van der Waals surface area contributed by atoms with Gasteiger partial charge in [0, 0.05) is 20.8 Å². The molecular formula is H40N4O20S2. The molecule has 0 saturated heterocycles. The zero-order valence-electron chi connectivity index (χ0n) is 14.1. The predicted molar refractivity (Wildman–Crippen MR) is 88.3 cm³/mol. The first-order chi connectivity index (χ1) is 4.00. The quantitative estimate of drug-likeness (QED) is 0.190. The van der Waals surface area contributed by atoms with Crippen molar-refractivity contribution in [2.24, 2.45) is 0 Å². The fraction of sp³-hybridized carbons (Fsp3) is 0. The van der Waals surface area contributed by atoms with Gasteiger partial charge in [0.2, 0.25) is 0 Å². The topological polar surface area (TPSA) is 685 Å². The lowest BCUT2D eigenvalue weighted by molar-refractivity contribution is 0.350. The first-order valence-corrected chi connectivity index (χ1v) is 4.00. The van der Waals surface area contributed by atoms with Crippen molar-refractivity contribution in [2.45, 2.75) is 0 Å². The molecule has 0 bridgehead atoms. The molecule has 0 saturated carbocycles. The largest absolute Gasteiger partial charge is 0.759 e. The lowest BCUT2D eigenvalue weighted by atomic mass is 14.0. The Morgan fingerprint density at radius 2 is 0.308 bits per heavy atom. The molecule has 0 aromatic heterocycles. The molecule has 0 aliphatic heterocycles. The Morgan fingerprint density at radius 1 is 0.308 bits per heavy atom. The SMILES string of the molecule is O.O.O.O.O.O.O.O.O.O.O.O.O=S(=O)([O-])[O-].O=S(=O)([O-])[O-].[NH4+].[NH4+].[NH4+].[NH4+]. The lowest BCUT2D eigenvalue weighted by Gasteiger charge is -2.06. The molecule has 0 aromatic carbocycles. The second-order valence-electron chi connectivity index (χ2n) is 0.816. The van der Waals surface area contributed by atoms with E-state index < -0.39 is 20.8 Å². The normalized spacial score (nSPS) is 4.46. The van der Waals surface area contributed by atoms with Gasteiger partial charge in [-0.2, -0.15) is 0 Å². The van der Waals surface area contributed by atoms with E-state index in [0.29, 0.717) is 0 Å². The minimum atomic E-state index is -5.17. The van der Waals surface area contributed by atoms with Crippen LogP contribution in [0.3, 0.4) is 0 Å². The van der Waals surface area contributed by atoms with Crippen molar-refractivity contribution >= 4 is 20.8 Å². The zero-order chi connectivity index (χ0) is 9.00. The average molecular weight is 480 g/mol. The van der Waals surface area contributed by atoms with Gasteiger partial charge in [-0.05, 0) is 0 Å². The van der Waals surface area contributed by atoms with E-state index in [2.05, 4.69) is 0 Å². The Bertz CT molecular complexity index is 222. The van der Waals surface area contributed by atoms with E-state index in [1.165, 1.54) is 0 Å². The van der Waals surface area contributed by atoms with Gasteiger partial charge in [0.15, 0.2) is 0 Å². The molecule has 0 unspecified atom stereocenters. The summed E-state index contributed by atoms with van der Waals surface area (Å²) in [5.74, 6) is 0. The molecule has 0 amide bonds. The first-order valence-electron chi connectivity index (χ1n) is 1.33. The van der Waals surface area contributed by atoms with Crippen LogP contribution in [0.25, 0.3) is 0 Å². The minimum absolute atomic E-state index is 0. The van der Waals surface area contributed by atoms with Gasteiger partial charge in [-0.25, -0.2) is 0 Å². The van der Waals surface area contributed by atoms with Crippen molar-refractivity contribution in [3.8, 4) is 0 Å². The Balaban J connectivity index is -0.00000000190. The molecule has 0 aliphatic carbocycles. The van der Waals surface area contributed by atoms with Crippen molar-refractivity contribution in [2.75, 3.05) is 0 Å². The highest BCUT2D eigenvalue weighted by Gasteiger charge is 1.50. The molecule has 192 valence electrons. The molecule has 26 heteroatoms. The van der Waals surface area contributed by atoms with E-state index in [0.717, 1.165) is 0 Å². The Labute approximate surface area is 147 Å². The van der Waals surface area contributed by atoms with Crippen LogP contribution in [0.2, 0.25) is 0 Å². The molecule has 0 aromatic rings. The first kappa shape index (κ1) is 289. The van der Waals surface area contributed by atoms with Crippen molar-refractivity contribution < 1.29 is 101 Å². The third kappa shape index (κ3) is 13900. The highest BCUT2D eigenvalue weighted by Crippen LogP contribution is 1.58. The highest BCUT2D eigenvalue weighted by atomic mass is 32.3. The summed E-state index contributed by atoms with van der Waals surface area (Å²) < 4.78 is 68.2. The van der Waals surface area contributed by atoms with Crippen molar-refractivity contribution in [1.82, 2.24) is 24.6 Å². The molecule has 40 N–H and O–H groups in total. The summed E-state index contributed by atoms with van der Waals surface area (Å²) >= 11 is 0. The summed E-state index contributed by atoms with van der Waals surface area (Å²) in [7, 11) is -10.3. The van der Waals surface area contributed by atoms with Gasteiger partial charge in [0.25, 0.3) is 0 Å². The summed E-state index contributed by atoms with van der Waals surface area (Å²) in [5, 5.41) is 0. The molecule has 0 rings (SSSR count). The van der Waals surface area contributed by atoms with Crippen LogP contribution in [0.1, 0.15) is 0 Å². The van der Waals surface area contributed by atoms with E-state index in [4.69, 9.17) is 35.0 Å². The lowest BCUT2D eigenvalue weighted by Crippen LogP contribution is -1.91. The van der Waals surface area contributed by atoms with Gasteiger partial charge in [-0.1, -0.05) is 0 Å². The summed E-state index contributed by atoms with van der Waals surface area (Å²) in [6.07, 6.45) is 0. The number of hydrogen-bond donors (Lipinski definition) is 4. The minimum Gasteiger partial charge on any atom is -0.759 e. The van der Waals surface area contributed by atoms with Crippen molar-refractivity contribution in [3.63, 3.8) is 0 Å².